The van der Waals surface area contributed by atoms with Crippen molar-refractivity contribution in [2.45, 2.75) is 58.3 Å². The number of ketones is 1. The van der Waals surface area contributed by atoms with E-state index in [1.165, 1.54) is 32.1 Å². The topological polar surface area (TPSA) is 38.3 Å². The highest BCUT2D eigenvalue weighted by molar-refractivity contribution is 6.00. The number of fused-ring (bicyclic) bond motifs is 1. The minimum Gasteiger partial charge on any atom is -0.489 e. The van der Waals surface area contributed by atoms with Gasteiger partial charge in [-0.25, -0.2) is 0 Å². The molecule has 1 heterocycles. The number of rotatable bonds is 9. The zero-order chi connectivity index (χ0) is 14.9. The van der Waals surface area contributed by atoms with Crippen LogP contribution in [0.25, 0.3) is 0 Å². The van der Waals surface area contributed by atoms with E-state index in [4.69, 9.17) is 4.74 Å². The number of carbonyl (C=O) groups excluding carboxylic acids is 1. The van der Waals surface area contributed by atoms with Gasteiger partial charge in [-0.15, -0.1) is 0 Å². The molecule has 0 bridgehead atoms. The standard InChI is InChI=1S/C18H27NO2/c1-2-3-4-5-6-7-8-12-17(20)15-10-9-11-16-18(15)21-14-13-19-16/h9-11,19H,2-8,12-14H2,1H3. The van der Waals surface area contributed by atoms with Crippen molar-refractivity contribution in [2.75, 3.05) is 18.5 Å². The highest BCUT2D eigenvalue weighted by Crippen LogP contribution is 2.32. The lowest BCUT2D eigenvalue weighted by Crippen LogP contribution is -2.20. The van der Waals surface area contributed by atoms with Crippen LogP contribution in [-0.2, 0) is 0 Å². The van der Waals surface area contributed by atoms with E-state index in [0.29, 0.717) is 13.0 Å². The number of para-hydroxylation sites is 1. The lowest BCUT2D eigenvalue weighted by molar-refractivity contribution is 0.0975. The van der Waals surface area contributed by atoms with E-state index in [0.717, 1.165) is 36.4 Å². The highest BCUT2D eigenvalue weighted by Gasteiger charge is 2.18. The molecule has 0 fully saturated rings. The van der Waals surface area contributed by atoms with Crippen molar-refractivity contribution in [1.82, 2.24) is 0 Å². The summed E-state index contributed by atoms with van der Waals surface area (Å²) in [6.45, 7) is 3.67. The number of unbranched alkanes of at least 4 members (excludes halogenated alkanes) is 6. The fraction of sp³-hybridized carbons (Fsp3) is 0.611. The van der Waals surface area contributed by atoms with Crippen LogP contribution in [0, 0.1) is 0 Å². The summed E-state index contributed by atoms with van der Waals surface area (Å²) in [5, 5.41) is 3.28. The van der Waals surface area contributed by atoms with Gasteiger partial charge in [-0.2, -0.15) is 0 Å². The minimum absolute atomic E-state index is 0.212. The third-order valence-electron chi connectivity index (χ3n) is 3.99. The fourth-order valence-corrected chi connectivity index (χ4v) is 2.77. The molecule has 0 unspecified atom stereocenters. The first-order chi connectivity index (χ1) is 10.3. The van der Waals surface area contributed by atoms with Crippen LogP contribution < -0.4 is 10.1 Å². The maximum atomic E-state index is 12.3. The smallest absolute Gasteiger partial charge is 0.166 e. The Kier molecular flexibility index (Phi) is 6.58. The molecule has 21 heavy (non-hydrogen) atoms. The van der Waals surface area contributed by atoms with Crippen LogP contribution in [0.3, 0.4) is 0 Å². The monoisotopic (exact) mass is 289 g/mol. The quantitative estimate of drug-likeness (QED) is 0.523. The van der Waals surface area contributed by atoms with Gasteiger partial charge in [0.05, 0.1) is 11.3 Å². The molecule has 3 heteroatoms. The van der Waals surface area contributed by atoms with Gasteiger partial charge in [0, 0.05) is 13.0 Å². The molecule has 1 N–H and O–H groups in total. The van der Waals surface area contributed by atoms with E-state index in [9.17, 15) is 4.79 Å². The van der Waals surface area contributed by atoms with Gasteiger partial charge in [0.2, 0.25) is 0 Å². The van der Waals surface area contributed by atoms with Crippen molar-refractivity contribution in [3.8, 4) is 5.75 Å². The summed E-state index contributed by atoms with van der Waals surface area (Å²) in [4.78, 5) is 12.3. The van der Waals surface area contributed by atoms with Crippen LogP contribution in [0.2, 0.25) is 0 Å². The Balaban J connectivity index is 1.76. The average molecular weight is 289 g/mol. The van der Waals surface area contributed by atoms with E-state index in [-0.39, 0.29) is 5.78 Å². The summed E-state index contributed by atoms with van der Waals surface area (Å²) in [6.07, 6.45) is 9.27. The highest BCUT2D eigenvalue weighted by atomic mass is 16.5. The molecule has 0 aliphatic carbocycles. The van der Waals surface area contributed by atoms with Crippen LogP contribution >= 0.6 is 0 Å². The zero-order valence-corrected chi connectivity index (χ0v) is 13.1. The molecular weight excluding hydrogens is 262 g/mol. The number of anilines is 1. The maximum absolute atomic E-state index is 12.3. The lowest BCUT2D eigenvalue weighted by Gasteiger charge is -2.21. The number of benzene rings is 1. The Bertz CT molecular complexity index is 457. The van der Waals surface area contributed by atoms with Gasteiger partial charge >= 0.3 is 0 Å². The first-order valence-corrected chi connectivity index (χ1v) is 8.36. The number of Topliss-reactive ketones (excluding diaryl/α,β-unsaturated/α-hetero) is 1. The normalized spacial score (nSPS) is 13.2. The van der Waals surface area contributed by atoms with E-state index in [2.05, 4.69) is 12.2 Å². The van der Waals surface area contributed by atoms with Crippen LogP contribution in [0.5, 0.6) is 5.75 Å². The van der Waals surface area contributed by atoms with Gasteiger partial charge in [-0.1, -0.05) is 51.5 Å². The van der Waals surface area contributed by atoms with E-state index >= 15 is 0 Å². The van der Waals surface area contributed by atoms with Crippen LogP contribution in [-0.4, -0.2) is 18.9 Å². The lowest BCUT2D eigenvalue weighted by atomic mass is 10.0. The molecule has 0 amide bonds. The van der Waals surface area contributed by atoms with Crippen molar-refractivity contribution in [2.24, 2.45) is 0 Å². The molecule has 1 aromatic carbocycles. The first kappa shape index (κ1) is 15.9. The Hall–Kier alpha value is -1.51. The molecule has 0 saturated heterocycles. The summed E-state index contributed by atoms with van der Waals surface area (Å²) in [7, 11) is 0. The van der Waals surface area contributed by atoms with Gasteiger partial charge in [-0.05, 0) is 18.6 Å². The second-order valence-electron chi connectivity index (χ2n) is 5.75. The Morgan fingerprint density at radius 1 is 1.14 bits per heavy atom. The van der Waals surface area contributed by atoms with Crippen molar-refractivity contribution in [3.05, 3.63) is 23.8 Å². The molecule has 0 atom stereocenters. The van der Waals surface area contributed by atoms with Crippen LogP contribution in [0.1, 0.15) is 68.6 Å². The zero-order valence-electron chi connectivity index (χ0n) is 13.1. The number of ether oxygens (including phenoxy) is 1. The van der Waals surface area contributed by atoms with E-state index in [1.807, 2.05) is 18.2 Å². The molecule has 1 aliphatic rings. The molecule has 1 aromatic rings. The molecular formula is C18H27NO2. The van der Waals surface area contributed by atoms with Gasteiger partial charge in [0.25, 0.3) is 0 Å². The van der Waals surface area contributed by atoms with Crippen molar-refractivity contribution in [3.63, 3.8) is 0 Å². The third kappa shape index (κ3) is 4.76. The molecule has 0 saturated carbocycles. The number of hydrogen-bond acceptors (Lipinski definition) is 3. The fourth-order valence-electron chi connectivity index (χ4n) is 2.77. The maximum Gasteiger partial charge on any atom is 0.166 e. The Labute approximate surface area is 128 Å². The van der Waals surface area contributed by atoms with E-state index in [1.54, 1.807) is 0 Å². The van der Waals surface area contributed by atoms with E-state index < -0.39 is 0 Å². The van der Waals surface area contributed by atoms with Gasteiger partial charge in [0.1, 0.15) is 6.61 Å². The average Bonchev–Trinajstić information content (AvgIpc) is 2.53. The SMILES string of the molecule is CCCCCCCCCC(=O)c1cccc2c1OCCN2. The third-order valence-corrected chi connectivity index (χ3v) is 3.99. The molecule has 0 radical (unpaired) electrons. The number of nitrogens with one attached hydrogen (secondary N) is 1. The molecule has 3 nitrogen and oxygen atoms in total. The van der Waals surface area contributed by atoms with Crippen LogP contribution in [0.15, 0.2) is 18.2 Å². The van der Waals surface area contributed by atoms with Gasteiger partial charge < -0.3 is 10.1 Å². The van der Waals surface area contributed by atoms with Crippen molar-refractivity contribution < 1.29 is 9.53 Å². The summed E-state index contributed by atoms with van der Waals surface area (Å²) in [6, 6.07) is 5.78. The second-order valence-corrected chi connectivity index (χ2v) is 5.75. The largest absolute Gasteiger partial charge is 0.489 e. The Morgan fingerprint density at radius 3 is 2.71 bits per heavy atom. The predicted octanol–water partition coefficient (Wildman–Crippen LogP) is 4.81. The predicted molar refractivity (Wildman–Crippen MR) is 87.4 cm³/mol. The Morgan fingerprint density at radius 2 is 1.90 bits per heavy atom. The number of hydrogen-bond donors (Lipinski definition) is 1. The molecule has 0 spiro atoms. The summed E-state index contributed by atoms with van der Waals surface area (Å²) >= 11 is 0. The van der Waals surface area contributed by atoms with Crippen molar-refractivity contribution in [1.29, 1.82) is 0 Å². The van der Waals surface area contributed by atoms with Gasteiger partial charge in [0.15, 0.2) is 11.5 Å². The van der Waals surface area contributed by atoms with Crippen molar-refractivity contribution >= 4 is 11.5 Å². The summed E-state index contributed by atoms with van der Waals surface area (Å²) < 4.78 is 5.66. The summed E-state index contributed by atoms with van der Waals surface area (Å²) in [5.74, 6) is 0.959. The van der Waals surface area contributed by atoms with Gasteiger partial charge in [-0.3, -0.25) is 4.79 Å². The minimum atomic E-state index is 0.212. The summed E-state index contributed by atoms with van der Waals surface area (Å²) in [5.41, 5.74) is 1.69. The number of carbonyl (C=O) groups is 1. The van der Waals surface area contributed by atoms with Crippen LogP contribution in [0.4, 0.5) is 5.69 Å². The first-order valence-electron chi connectivity index (χ1n) is 8.36. The molecule has 1 aliphatic heterocycles. The molecule has 116 valence electrons. The second kappa shape index (κ2) is 8.71. The molecule has 0 aromatic heterocycles. The molecule has 2 rings (SSSR count).